The van der Waals surface area contributed by atoms with Gasteiger partial charge in [0.15, 0.2) is 0 Å². The third kappa shape index (κ3) is 2.35. The molecular formula is C8H17ClN2O. The molecule has 12 heavy (non-hydrogen) atoms. The minimum atomic E-state index is 0. The van der Waals surface area contributed by atoms with Crippen molar-refractivity contribution in [2.75, 3.05) is 13.1 Å². The molecule has 2 N–H and O–H groups in total. The third-order valence-electron chi connectivity index (χ3n) is 2.35. The molecule has 72 valence electrons. The highest BCUT2D eigenvalue weighted by Crippen LogP contribution is 2.24. The van der Waals surface area contributed by atoms with Gasteiger partial charge in [0.05, 0.1) is 6.54 Å². The van der Waals surface area contributed by atoms with Gasteiger partial charge in [0.25, 0.3) is 0 Å². The van der Waals surface area contributed by atoms with Gasteiger partial charge in [0.2, 0.25) is 5.91 Å². The molecule has 1 aliphatic rings. The standard InChI is InChI=1S/C8H16N2O.ClH/c1-2-10(8(11)6-9)7-4-3-5-7;/h7H,2-6,9H2,1H3;1H. The molecule has 0 aromatic carbocycles. The molecule has 0 aromatic heterocycles. The van der Waals surface area contributed by atoms with Crippen LogP contribution in [-0.2, 0) is 4.79 Å². The number of halogens is 1. The zero-order valence-corrected chi connectivity index (χ0v) is 8.27. The number of nitrogens with two attached hydrogens (primary N) is 1. The second-order valence-electron chi connectivity index (χ2n) is 2.97. The Morgan fingerprint density at radius 2 is 2.17 bits per heavy atom. The van der Waals surface area contributed by atoms with Crippen molar-refractivity contribution in [1.29, 1.82) is 0 Å². The Balaban J connectivity index is 0.00000121. The number of hydrogen-bond donors (Lipinski definition) is 1. The summed E-state index contributed by atoms with van der Waals surface area (Å²) < 4.78 is 0. The molecule has 0 radical (unpaired) electrons. The van der Waals surface area contributed by atoms with E-state index in [9.17, 15) is 4.79 Å². The molecule has 1 saturated carbocycles. The Morgan fingerprint density at radius 3 is 2.42 bits per heavy atom. The predicted octanol–water partition coefficient (Wildman–Crippen LogP) is 0.768. The lowest BCUT2D eigenvalue weighted by atomic mass is 9.91. The second-order valence-corrected chi connectivity index (χ2v) is 2.97. The molecule has 1 amide bonds. The number of likely N-dealkylation sites (N-methyl/N-ethyl adjacent to an activating group) is 1. The summed E-state index contributed by atoms with van der Waals surface area (Å²) in [6, 6.07) is 0.496. The van der Waals surface area contributed by atoms with Gasteiger partial charge < -0.3 is 10.6 Å². The molecule has 0 aromatic rings. The van der Waals surface area contributed by atoms with Crippen LogP contribution in [0.2, 0.25) is 0 Å². The minimum absolute atomic E-state index is 0. The molecule has 0 unspecified atom stereocenters. The van der Waals surface area contributed by atoms with Crippen molar-refractivity contribution in [2.45, 2.75) is 32.2 Å². The Kier molecular flexibility index (Phi) is 5.25. The number of nitrogens with zero attached hydrogens (tertiary/aromatic N) is 1. The zero-order valence-electron chi connectivity index (χ0n) is 7.45. The lowest BCUT2D eigenvalue weighted by Crippen LogP contribution is -2.46. The van der Waals surface area contributed by atoms with Crippen molar-refractivity contribution in [1.82, 2.24) is 4.90 Å². The fraction of sp³-hybridized carbons (Fsp3) is 0.875. The summed E-state index contributed by atoms with van der Waals surface area (Å²) in [4.78, 5) is 13.1. The summed E-state index contributed by atoms with van der Waals surface area (Å²) in [6.45, 7) is 2.97. The van der Waals surface area contributed by atoms with E-state index < -0.39 is 0 Å². The van der Waals surface area contributed by atoms with Crippen LogP contribution in [0, 0.1) is 0 Å². The smallest absolute Gasteiger partial charge is 0.236 e. The summed E-state index contributed by atoms with van der Waals surface area (Å²) in [6.07, 6.45) is 3.60. The first kappa shape index (κ1) is 11.7. The summed E-state index contributed by atoms with van der Waals surface area (Å²) >= 11 is 0. The minimum Gasteiger partial charge on any atom is -0.339 e. The highest BCUT2D eigenvalue weighted by molar-refractivity contribution is 5.85. The topological polar surface area (TPSA) is 46.3 Å². The number of carbonyl (C=O) groups is 1. The molecule has 1 aliphatic carbocycles. The fourth-order valence-corrected chi connectivity index (χ4v) is 1.45. The number of hydrogen-bond acceptors (Lipinski definition) is 2. The first-order chi connectivity index (χ1) is 5.29. The number of rotatable bonds is 3. The molecule has 0 bridgehead atoms. The largest absolute Gasteiger partial charge is 0.339 e. The van der Waals surface area contributed by atoms with Crippen LogP contribution in [0.4, 0.5) is 0 Å². The lowest BCUT2D eigenvalue weighted by Gasteiger charge is -2.36. The van der Waals surface area contributed by atoms with Crippen molar-refractivity contribution < 1.29 is 4.79 Å². The summed E-state index contributed by atoms with van der Waals surface area (Å²) in [7, 11) is 0. The number of carbonyl (C=O) groups excluding carboxylic acids is 1. The maximum absolute atomic E-state index is 11.2. The Labute approximate surface area is 79.7 Å². The summed E-state index contributed by atoms with van der Waals surface area (Å²) in [5.41, 5.74) is 5.27. The summed E-state index contributed by atoms with van der Waals surface area (Å²) in [5.74, 6) is 0.0946. The van der Waals surface area contributed by atoms with Gasteiger partial charge in [-0.3, -0.25) is 4.79 Å². The Bertz CT molecular complexity index is 148. The van der Waals surface area contributed by atoms with E-state index in [0.717, 1.165) is 6.54 Å². The monoisotopic (exact) mass is 192 g/mol. The second kappa shape index (κ2) is 5.38. The highest BCUT2D eigenvalue weighted by atomic mass is 35.5. The van der Waals surface area contributed by atoms with E-state index in [0.29, 0.717) is 6.04 Å². The van der Waals surface area contributed by atoms with Crippen molar-refractivity contribution in [2.24, 2.45) is 5.73 Å². The van der Waals surface area contributed by atoms with Gasteiger partial charge in [-0.15, -0.1) is 12.4 Å². The van der Waals surface area contributed by atoms with E-state index in [4.69, 9.17) is 5.73 Å². The molecule has 0 heterocycles. The van der Waals surface area contributed by atoms with E-state index in [1.165, 1.54) is 19.3 Å². The van der Waals surface area contributed by atoms with Crippen LogP contribution in [0.1, 0.15) is 26.2 Å². The molecule has 0 saturated heterocycles. The van der Waals surface area contributed by atoms with E-state index in [2.05, 4.69) is 0 Å². The third-order valence-corrected chi connectivity index (χ3v) is 2.35. The van der Waals surface area contributed by atoms with E-state index >= 15 is 0 Å². The predicted molar refractivity (Wildman–Crippen MR) is 51.3 cm³/mol. The lowest BCUT2D eigenvalue weighted by molar-refractivity contribution is -0.133. The van der Waals surface area contributed by atoms with Gasteiger partial charge in [0, 0.05) is 12.6 Å². The quantitative estimate of drug-likeness (QED) is 0.718. The first-order valence-electron chi connectivity index (χ1n) is 4.29. The first-order valence-corrected chi connectivity index (χ1v) is 4.29. The van der Waals surface area contributed by atoms with E-state index in [1.807, 2.05) is 11.8 Å². The Morgan fingerprint density at radius 1 is 1.58 bits per heavy atom. The van der Waals surface area contributed by atoms with Crippen LogP contribution in [-0.4, -0.2) is 29.9 Å². The van der Waals surface area contributed by atoms with Crippen LogP contribution in [0.3, 0.4) is 0 Å². The average molecular weight is 193 g/mol. The van der Waals surface area contributed by atoms with Gasteiger partial charge in [-0.25, -0.2) is 0 Å². The summed E-state index contributed by atoms with van der Waals surface area (Å²) in [5, 5.41) is 0. The average Bonchev–Trinajstić information content (AvgIpc) is 1.94. The molecular weight excluding hydrogens is 176 g/mol. The van der Waals surface area contributed by atoms with Crippen LogP contribution in [0.15, 0.2) is 0 Å². The van der Waals surface area contributed by atoms with Gasteiger partial charge in [0.1, 0.15) is 0 Å². The highest BCUT2D eigenvalue weighted by Gasteiger charge is 2.26. The van der Waals surface area contributed by atoms with Gasteiger partial charge in [-0.1, -0.05) is 0 Å². The molecule has 4 heteroatoms. The van der Waals surface area contributed by atoms with Crippen LogP contribution in [0.5, 0.6) is 0 Å². The van der Waals surface area contributed by atoms with Crippen molar-refractivity contribution in [3.63, 3.8) is 0 Å². The molecule has 1 fully saturated rings. The fourth-order valence-electron chi connectivity index (χ4n) is 1.45. The van der Waals surface area contributed by atoms with Crippen LogP contribution in [0.25, 0.3) is 0 Å². The van der Waals surface area contributed by atoms with Crippen molar-refractivity contribution in [3.05, 3.63) is 0 Å². The molecule has 0 atom stereocenters. The molecule has 0 aliphatic heterocycles. The maximum atomic E-state index is 11.2. The molecule has 3 nitrogen and oxygen atoms in total. The van der Waals surface area contributed by atoms with Crippen LogP contribution >= 0.6 is 12.4 Å². The van der Waals surface area contributed by atoms with Gasteiger partial charge in [-0.2, -0.15) is 0 Å². The normalized spacial score (nSPS) is 16.2. The SMILES string of the molecule is CCN(C(=O)CN)C1CCC1.Cl. The van der Waals surface area contributed by atoms with Crippen molar-refractivity contribution >= 4 is 18.3 Å². The van der Waals surface area contributed by atoms with E-state index in [-0.39, 0.29) is 24.9 Å². The van der Waals surface area contributed by atoms with Crippen LogP contribution < -0.4 is 5.73 Å². The van der Waals surface area contributed by atoms with Gasteiger partial charge >= 0.3 is 0 Å². The molecule has 0 spiro atoms. The maximum Gasteiger partial charge on any atom is 0.236 e. The molecule has 1 rings (SSSR count). The Hall–Kier alpha value is -0.280. The number of amides is 1. The van der Waals surface area contributed by atoms with E-state index in [1.54, 1.807) is 0 Å². The zero-order chi connectivity index (χ0) is 8.27. The van der Waals surface area contributed by atoms with Crippen molar-refractivity contribution in [3.8, 4) is 0 Å². The van der Waals surface area contributed by atoms with Gasteiger partial charge in [-0.05, 0) is 26.2 Å².